The van der Waals surface area contributed by atoms with Crippen LogP contribution < -0.4 is 10.6 Å². The van der Waals surface area contributed by atoms with Crippen molar-refractivity contribution in [2.45, 2.75) is 25.8 Å². The third-order valence-electron chi connectivity index (χ3n) is 2.87. The van der Waals surface area contributed by atoms with Crippen molar-refractivity contribution in [2.75, 3.05) is 33.2 Å². The molecule has 4 heteroatoms. The first-order valence-electron chi connectivity index (χ1n) is 5.27. The minimum absolute atomic E-state index is 0.146. The molecule has 4 nitrogen and oxygen atoms in total. The summed E-state index contributed by atoms with van der Waals surface area (Å²) in [7, 11) is 1.95. The van der Waals surface area contributed by atoms with Gasteiger partial charge in [-0.1, -0.05) is 0 Å². The van der Waals surface area contributed by atoms with Gasteiger partial charge in [-0.25, -0.2) is 0 Å². The normalized spacial score (nSPS) is 22.1. The van der Waals surface area contributed by atoms with Crippen molar-refractivity contribution in [3.8, 4) is 0 Å². The zero-order valence-electron chi connectivity index (χ0n) is 9.39. The monoisotopic (exact) mass is 199 g/mol. The van der Waals surface area contributed by atoms with E-state index in [9.17, 15) is 4.79 Å². The third-order valence-corrected chi connectivity index (χ3v) is 2.87. The Labute approximate surface area is 86.0 Å². The van der Waals surface area contributed by atoms with E-state index in [-0.39, 0.29) is 11.4 Å². The fraction of sp³-hybridized carbons (Fsp3) is 0.900. The van der Waals surface area contributed by atoms with E-state index in [2.05, 4.69) is 15.5 Å². The second kappa shape index (κ2) is 4.75. The minimum atomic E-state index is -0.341. The SMILES string of the molecule is CNCCCN1CCNC(=O)C1(C)C. The Balaban J connectivity index is 2.45. The molecule has 1 aliphatic heterocycles. The number of carbonyl (C=O) groups excluding carboxylic acids is 1. The van der Waals surface area contributed by atoms with Gasteiger partial charge < -0.3 is 10.6 Å². The van der Waals surface area contributed by atoms with Crippen molar-refractivity contribution in [3.05, 3.63) is 0 Å². The molecule has 1 heterocycles. The van der Waals surface area contributed by atoms with Gasteiger partial charge in [-0.2, -0.15) is 0 Å². The van der Waals surface area contributed by atoms with E-state index < -0.39 is 0 Å². The van der Waals surface area contributed by atoms with Crippen LogP contribution in [0.25, 0.3) is 0 Å². The summed E-state index contributed by atoms with van der Waals surface area (Å²) < 4.78 is 0. The third kappa shape index (κ3) is 2.45. The number of amides is 1. The van der Waals surface area contributed by atoms with E-state index in [4.69, 9.17) is 0 Å². The maximum Gasteiger partial charge on any atom is 0.239 e. The average Bonchev–Trinajstić information content (AvgIpc) is 2.13. The second-order valence-corrected chi connectivity index (χ2v) is 4.26. The second-order valence-electron chi connectivity index (χ2n) is 4.26. The van der Waals surface area contributed by atoms with Crippen LogP contribution in [0.1, 0.15) is 20.3 Å². The van der Waals surface area contributed by atoms with Crippen LogP contribution in [-0.2, 0) is 4.79 Å². The standard InChI is InChI=1S/C10H21N3O/c1-10(2)9(14)12-6-8-13(10)7-4-5-11-3/h11H,4-8H2,1-3H3,(H,12,14). The van der Waals surface area contributed by atoms with Gasteiger partial charge in [0.25, 0.3) is 0 Å². The van der Waals surface area contributed by atoms with E-state index in [1.54, 1.807) is 0 Å². The van der Waals surface area contributed by atoms with Gasteiger partial charge in [0.05, 0.1) is 5.54 Å². The Bertz CT molecular complexity index is 204. The summed E-state index contributed by atoms with van der Waals surface area (Å²) >= 11 is 0. The number of carbonyl (C=O) groups is 1. The van der Waals surface area contributed by atoms with Crippen LogP contribution in [0.15, 0.2) is 0 Å². The minimum Gasteiger partial charge on any atom is -0.353 e. The lowest BCUT2D eigenvalue weighted by atomic mass is 9.99. The molecular weight excluding hydrogens is 178 g/mol. The summed E-state index contributed by atoms with van der Waals surface area (Å²) in [5.41, 5.74) is -0.341. The lowest BCUT2D eigenvalue weighted by Gasteiger charge is -2.41. The highest BCUT2D eigenvalue weighted by Gasteiger charge is 2.36. The molecule has 0 aromatic rings. The van der Waals surface area contributed by atoms with E-state index in [1.807, 2.05) is 20.9 Å². The molecule has 1 rings (SSSR count). The lowest BCUT2D eigenvalue weighted by molar-refractivity contribution is -0.135. The Morgan fingerprint density at radius 3 is 2.93 bits per heavy atom. The molecule has 0 atom stereocenters. The molecule has 0 unspecified atom stereocenters. The van der Waals surface area contributed by atoms with E-state index in [0.29, 0.717) is 0 Å². The molecule has 0 aliphatic carbocycles. The average molecular weight is 199 g/mol. The van der Waals surface area contributed by atoms with Crippen LogP contribution in [0, 0.1) is 0 Å². The first-order valence-corrected chi connectivity index (χ1v) is 5.27. The van der Waals surface area contributed by atoms with Gasteiger partial charge in [0.2, 0.25) is 5.91 Å². The zero-order valence-corrected chi connectivity index (χ0v) is 9.39. The first-order chi connectivity index (χ1) is 6.59. The quantitative estimate of drug-likeness (QED) is 0.617. The molecular formula is C10H21N3O. The highest BCUT2D eigenvalue weighted by molar-refractivity contribution is 5.86. The zero-order chi connectivity index (χ0) is 10.6. The molecule has 0 aromatic heterocycles. The van der Waals surface area contributed by atoms with E-state index in [0.717, 1.165) is 32.6 Å². The Morgan fingerprint density at radius 1 is 1.57 bits per heavy atom. The van der Waals surface area contributed by atoms with E-state index in [1.165, 1.54) is 0 Å². The van der Waals surface area contributed by atoms with Crippen LogP contribution >= 0.6 is 0 Å². The van der Waals surface area contributed by atoms with Crippen LogP contribution in [0.4, 0.5) is 0 Å². The molecule has 1 saturated heterocycles. The summed E-state index contributed by atoms with van der Waals surface area (Å²) in [6.07, 6.45) is 1.09. The van der Waals surface area contributed by atoms with Crippen LogP contribution in [0.3, 0.4) is 0 Å². The molecule has 0 bridgehead atoms. The van der Waals surface area contributed by atoms with Crippen LogP contribution in [-0.4, -0.2) is 49.6 Å². The van der Waals surface area contributed by atoms with Gasteiger partial charge in [-0.3, -0.25) is 9.69 Å². The van der Waals surface area contributed by atoms with Crippen molar-refractivity contribution in [1.29, 1.82) is 0 Å². The summed E-state index contributed by atoms with van der Waals surface area (Å²) in [5.74, 6) is 0.146. The number of nitrogens with one attached hydrogen (secondary N) is 2. The van der Waals surface area contributed by atoms with E-state index >= 15 is 0 Å². The molecule has 82 valence electrons. The molecule has 1 aliphatic rings. The summed E-state index contributed by atoms with van der Waals surface area (Å²) in [4.78, 5) is 13.8. The smallest absolute Gasteiger partial charge is 0.239 e. The number of nitrogens with zero attached hydrogens (tertiary/aromatic N) is 1. The van der Waals surface area contributed by atoms with Crippen LogP contribution in [0.2, 0.25) is 0 Å². The number of rotatable bonds is 4. The number of hydrogen-bond acceptors (Lipinski definition) is 3. The summed E-state index contributed by atoms with van der Waals surface area (Å²) in [5, 5.41) is 6.02. The van der Waals surface area contributed by atoms with Gasteiger partial charge >= 0.3 is 0 Å². The van der Waals surface area contributed by atoms with Crippen molar-refractivity contribution < 1.29 is 4.79 Å². The fourth-order valence-electron chi connectivity index (χ4n) is 1.78. The molecule has 1 fully saturated rings. The topological polar surface area (TPSA) is 44.4 Å². The predicted octanol–water partition coefficient (Wildman–Crippen LogP) is -0.194. The molecule has 0 spiro atoms. The maximum absolute atomic E-state index is 11.6. The van der Waals surface area contributed by atoms with Gasteiger partial charge in [0.1, 0.15) is 0 Å². The van der Waals surface area contributed by atoms with Gasteiger partial charge in [0.15, 0.2) is 0 Å². The predicted molar refractivity (Wildman–Crippen MR) is 57.2 cm³/mol. The van der Waals surface area contributed by atoms with Gasteiger partial charge in [-0.15, -0.1) is 0 Å². The Kier molecular flexibility index (Phi) is 3.89. The van der Waals surface area contributed by atoms with Gasteiger partial charge in [0, 0.05) is 19.6 Å². The van der Waals surface area contributed by atoms with Crippen LogP contribution in [0.5, 0.6) is 0 Å². The first kappa shape index (κ1) is 11.5. The van der Waals surface area contributed by atoms with Crippen molar-refractivity contribution in [1.82, 2.24) is 15.5 Å². The van der Waals surface area contributed by atoms with Gasteiger partial charge in [-0.05, 0) is 33.9 Å². The lowest BCUT2D eigenvalue weighted by Crippen LogP contribution is -2.61. The molecule has 1 amide bonds. The maximum atomic E-state index is 11.6. The highest BCUT2D eigenvalue weighted by Crippen LogP contribution is 2.17. The molecule has 0 aromatic carbocycles. The van der Waals surface area contributed by atoms with Crippen molar-refractivity contribution in [2.24, 2.45) is 0 Å². The fourth-order valence-corrected chi connectivity index (χ4v) is 1.78. The molecule has 0 radical (unpaired) electrons. The number of hydrogen-bond donors (Lipinski definition) is 2. The Hall–Kier alpha value is -0.610. The molecule has 2 N–H and O–H groups in total. The molecule has 0 saturated carbocycles. The molecule has 14 heavy (non-hydrogen) atoms. The highest BCUT2D eigenvalue weighted by atomic mass is 16.2. The van der Waals surface area contributed by atoms with Crippen molar-refractivity contribution >= 4 is 5.91 Å². The number of piperazine rings is 1. The summed E-state index contributed by atoms with van der Waals surface area (Å²) in [6.45, 7) is 7.71. The Morgan fingerprint density at radius 2 is 2.29 bits per heavy atom. The summed E-state index contributed by atoms with van der Waals surface area (Å²) in [6, 6.07) is 0. The largest absolute Gasteiger partial charge is 0.353 e. The van der Waals surface area contributed by atoms with Crippen molar-refractivity contribution in [3.63, 3.8) is 0 Å².